The quantitative estimate of drug-likeness (QED) is 0.458. The maximum Gasteiger partial charge on any atom is 0.407 e. The van der Waals surface area contributed by atoms with Crippen LogP contribution in [0, 0.1) is 0 Å². The predicted octanol–water partition coefficient (Wildman–Crippen LogP) is -0.228. The van der Waals surface area contributed by atoms with Gasteiger partial charge in [-0.05, 0) is 0 Å². The van der Waals surface area contributed by atoms with Crippen LogP contribution in [0.4, 0.5) is 4.79 Å². The van der Waals surface area contributed by atoms with Crippen molar-refractivity contribution >= 4 is 24.0 Å². The number of rotatable bonds is 9. The van der Waals surface area contributed by atoms with Crippen molar-refractivity contribution in [1.82, 2.24) is 5.32 Å². The molecule has 0 aromatic rings. The fraction of sp³-hybridized carbons (Fsp3) is 0.667. The third-order valence-electron chi connectivity index (χ3n) is 2.16. The molecule has 120 valence electrons. The normalized spacial score (nSPS) is 9.43. The van der Waals surface area contributed by atoms with Gasteiger partial charge in [-0.3, -0.25) is 14.4 Å². The molecule has 0 spiro atoms. The number of carbonyl (C=O) groups excluding carboxylic acids is 4. The van der Waals surface area contributed by atoms with E-state index in [-0.39, 0.29) is 39.0 Å². The second-order valence-corrected chi connectivity index (χ2v) is 3.69. The van der Waals surface area contributed by atoms with Gasteiger partial charge in [0.1, 0.15) is 13.2 Å². The summed E-state index contributed by atoms with van der Waals surface area (Å²) in [6.07, 6.45) is -0.876. The fourth-order valence-corrected chi connectivity index (χ4v) is 1.07. The summed E-state index contributed by atoms with van der Waals surface area (Å²) in [6.45, 7) is -0.161. The van der Waals surface area contributed by atoms with Crippen molar-refractivity contribution in [3.63, 3.8) is 0 Å². The van der Waals surface area contributed by atoms with Crippen LogP contribution in [0.5, 0.6) is 0 Å². The number of hydrogen-bond donors (Lipinski definition) is 1. The highest BCUT2D eigenvalue weighted by Crippen LogP contribution is 1.91. The van der Waals surface area contributed by atoms with E-state index in [0.717, 1.165) is 0 Å². The Bertz CT molecular complexity index is 334. The molecule has 0 heterocycles. The zero-order valence-corrected chi connectivity index (χ0v) is 12.0. The Morgan fingerprint density at radius 2 is 1.29 bits per heavy atom. The van der Waals surface area contributed by atoms with Crippen molar-refractivity contribution in [3.8, 4) is 0 Å². The minimum absolute atomic E-state index is 0.0219. The van der Waals surface area contributed by atoms with Gasteiger partial charge in [0.25, 0.3) is 0 Å². The maximum absolute atomic E-state index is 11.2. The van der Waals surface area contributed by atoms with Gasteiger partial charge in [-0.2, -0.15) is 0 Å². The Morgan fingerprint density at radius 3 is 1.81 bits per heavy atom. The summed E-state index contributed by atoms with van der Waals surface area (Å²) < 4.78 is 18.1. The van der Waals surface area contributed by atoms with E-state index < -0.39 is 24.0 Å². The first kappa shape index (κ1) is 18.7. The molecule has 0 bridgehead atoms. The molecule has 0 aliphatic carbocycles. The lowest BCUT2D eigenvalue weighted by atomic mass is 10.4. The smallest absolute Gasteiger partial charge is 0.407 e. The number of amides is 1. The van der Waals surface area contributed by atoms with E-state index in [4.69, 9.17) is 4.74 Å². The van der Waals surface area contributed by atoms with Crippen LogP contribution in [0.2, 0.25) is 0 Å². The lowest BCUT2D eigenvalue weighted by Crippen LogP contribution is -2.28. The van der Waals surface area contributed by atoms with Crippen LogP contribution in [0.25, 0.3) is 0 Å². The summed E-state index contributed by atoms with van der Waals surface area (Å²) in [5, 5.41) is 2.31. The number of methoxy groups -OCH3 is 2. The number of alkyl carbamates (subject to hydrolysis) is 1. The van der Waals surface area contributed by atoms with Crippen molar-refractivity contribution in [1.29, 1.82) is 0 Å². The van der Waals surface area contributed by atoms with Crippen LogP contribution in [0.1, 0.15) is 19.3 Å². The van der Waals surface area contributed by atoms with Gasteiger partial charge in [0.2, 0.25) is 0 Å². The summed E-state index contributed by atoms with van der Waals surface area (Å²) in [5.74, 6) is -1.53. The van der Waals surface area contributed by atoms with Crippen LogP contribution >= 0.6 is 0 Å². The highest BCUT2D eigenvalue weighted by Gasteiger charge is 2.08. The number of ether oxygens (including phenoxy) is 4. The molecule has 1 amide bonds. The van der Waals surface area contributed by atoms with Gasteiger partial charge < -0.3 is 24.3 Å². The first-order chi connectivity index (χ1) is 9.99. The molecule has 0 saturated carbocycles. The molecular formula is C12H19NO8. The Kier molecular flexibility index (Phi) is 10.2. The van der Waals surface area contributed by atoms with Crippen molar-refractivity contribution in [3.05, 3.63) is 0 Å². The topological polar surface area (TPSA) is 117 Å². The van der Waals surface area contributed by atoms with E-state index in [1.807, 2.05) is 0 Å². The SMILES string of the molecule is COC(=O)CCOC(=O)CCNC(=O)OCCC(=O)OC. The summed E-state index contributed by atoms with van der Waals surface area (Å²) in [5.41, 5.74) is 0. The predicted molar refractivity (Wildman–Crippen MR) is 68.2 cm³/mol. The van der Waals surface area contributed by atoms with Gasteiger partial charge in [0.15, 0.2) is 0 Å². The molecule has 0 aliphatic rings. The minimum atomic E-state index is -0.749. The largest absolute Gasteiger partial charge is 0.469 e. The van der Waals surface area contributed by atoms with Crippen molar-refractivity contribution in [2.24, 2.45) is 0 Å². The van der Waals surface area contributed by atoms with Crippen LogP contribution in [-0.4, -0.2) is 58.0 Å². The molecule has 9 heteroatoms. The van der Waals surface area contributed by atoms with Gasteiger partial charge in [-0.1, -0.05) is 0 Å². The van der Waals surface area contributed by atoms with Crippen LogP contribution < -0.4 is 5.32 Å². The van der Waals surface area contributed by atoms with E-state index >= 15 is 0 Å². The van der Waals surface area contributed by atoms with Crippen molar-refractivity contribution in [2.45, 2.75) is 19.3 Å². The van der Waals surface area contributed by atoms with E-state index in [9.17, 15) is 19.2 Å². The second-order valence-electron chi connectivity index (χ2n) is 3.69. The minimum Gasteiger partial charge on any atom is -0.469 e. The third kappa shape index (κ3) is 11.2. The zero-order chi connectivity index (χ0) is 16.1. The fourth-order valence-electron chi connectivity index (χ4n) is 1.07. The summed E-state index contributed by atoms with van der Waals surface area (Å²) in [4.78, 5) is 43.8. The van der Waals surface area contributed by atoms with Crippen LogP contribution in [-0.2, 0) is 33.3 Å². The number of hydrogen-bond acceptors (Lipinski definition) is 8. The van der Waals surface area contributed by atoms with Gasteiger partial charge in [-0.25, -0.2) is 4.79 Å². The third-order valence-corrected chi connectivity index (χ3v) is 2.16. The molecule has 0 aromatic heterocycles. The Morgan fingerprint density at radius 1 is 0.762 bits per heavy atom. The van der Waals surface area contributed by atoms with Gasteiger partial charge in [0, 0.05) is 6.54 Å². The number of esters is 3. The Labute approximate surface area is 121 Å². The lowest BCUT2D eigenvalue weighted by Gasteiger charge is -2.06. The van der Waals surface area contributed by atoms with Crippen LogP contribution in [0.3, 0.4) is 0 Å². The average Bonchev–Trinajstić information content (AvgIpc) is 2.46. The van der Waals surface area contributed by atoms with E-state index in [1.165, 1.54) is 14.2 Å². The van der Waals surface area contributed by atoms with Gasteiger partial charge in [-0.15, -0.1) is 0 Å². The molecule has 1 N–H and O–H groups in total. The van der Waals surface area contributed by atoms with Gasteiger partial charge in [0.05, 0.1) is 33.5 Å². The Hall–Kier alpha value is -2.32. The standard InChI is InChI=1S/C12H19NO8/c1-18-9(14)4-7-20-11(16)3-6-13-12(17)21-8-5-10(15)19-2/h3-8H2,1-2H3,(H,13,17). The summed E-state index contributed by atoms with van der Waals surface area (Å²) in [7, 11) is 2.47. The van der Waals surface area contributed by atoms with Crippen molar-refractivity contribution in [2.75, 3.05) is 34.0 Å². The molecule has 9 nitrogen and oxygen atoms in total. The molecule has 0 atom stereocenters. The molecule has 0 unspecified atom stereocenters. The highest BCUT2D eigenvalue weighted by molar-refractivity contribution is 5.73. The van der Waals surface area contributed by atoms with Crippen LogP contribution in [0.15, 0.2) is 0 Å². The molecule has 0 aromatic carbocycles. The van der Waals surface area contributed by atoms with E-state index in [0.29, 0.717) is 0 Å². The Balaban J connectivity index is 3.55. The molecule has 0 saturated heterocycles. The maximum atomic E-state index is 11.2. The van der Waals surface area contributed by atoms with Gasteiger partial charge >= 0.3 is 24.0 Å². The van der Waals surface area contributed by atoms with E-state index in [2.05, 4.69) is 19.5 Å². The monoisotopic (exact) mass is 305 g/mol. The molecule has 0 radical (unpaired) electrons. The first-order valence-corrected chi connectivity index (χ1v) is 6.19. The summed E-state index contributed by atoms with van der Waals surface area (Å²) >= 11 is 0. The highest BCUT2D eigenvalue weighted by atomic mass is 16.6. The number of nitrogens with one attached hydrogen (secondary N) is 1. The van der Waals surface area contributed by atoms with Crippen molar-refractivity contribution < 1.29 is 38.1 Å². The molecule has 21 heavy (non-hydrogen) atoms. The molecular weight excluding hydrogens is 286 g/mol. The molecule has 0 aliphatic heterocycles. The zero-order valence-electron chi connectivity index (χ0n) is 12.0. The second kappa shape index (κ2) is 11.5. The summed E-state index contributed by atoms with van der Waals surface area (Å²) in [6, 6.07) is 0. The van der Waals surface area contributed by atoms with E-state index in [1.54, 1.807) is 0 Å². The average molecular weight is 305 g/mol. The molecule has 0 fully saturated rings. The first-order valence-electron chi connectivity index (χ1n) is 6.19. The number of carbonyl (C=O) groups is 4. The lowest BCUT2D eigenvalue weighted by molar-refractivity contribution is -0.147. The molecule has 0 rings (SSSR count).